The van der Waals surface area contributed by atoms with Crippen LogP contribution in [0.15, 0.2) is 36.4 Å². The van der Waals surface area contributed by atoms with Gasteiger partial charge in [0, 0.05) is 17.1 Å². The predicted molar refractivity (Wildman–Crippen MR) is 84.8 cm³/mol. The molecule has 0 saturated carbocycles. The van der Waals surface area contributed by atoms with Crippen molar-refractivity contribution < 1.29 is 4.39 Å². The number of benzene rings is 2. The molecule has 0 saturated heterocycles. The molecule has 0 aliphatic rings. The number of nitrogen functional groups attached to an aromatic ring is 1. The van der Waals surface area contributed by atoms with Crippen molar-refractivity contribution in [3.63, 3.8) is 0 Å². The number of aromatic nitrogens is 2. The lowest BCUT2D eigenvalue weighted by Gasteiger charge is -2.10. The highest BCUT2D eigenvalue weighted by molar-refractivity contribution is 6.31. The van der Waals surface area contributed by atoms with E-state index in [1.54, 1.807) is 18.2 Å². The molecule has 0 spiro atoms. The summed E-state index contributed by atoms with van der Waals surface area (Å²) in [5.41, 5.74) is 8.36. The van der Waals surface area contributed by atoms with E-state index in [4.69, 9.17) is 17.3 Å². The Morgan fingerprint density at radius 3 is 2.86 bits per heavy atom. The number of nitrogens with zero attached hydrogens (tertiary/aromatic N) is 2. The van der Waals surface area contributed by atoms with E-state index in [1.165, 1.54) is 6.07 Å². The second-order valence-corrected chi connectivity index (χ2v) is 5.36. The van der Waals surface area contributed by atoms with E-state index in [0.717, 1.165) is 24.0 Å². The van der Waals surface area contributed by atoms with Crippen LogP contribution in [0, 0.1) is 5.82 Å². The van der Waals surface area contributed by atoms with Crippen LogP contribution in [-0.2, 0) is 6.54 Å². The second kappa shape index (κ2) is 5.37. The number of halogens is 2. The first-order chi connectivity index (χ1) is 10.1. The standard InChI is InChI=1S/C16H15ClFN3/c1-2-8-21-14-9-10(17)6-7-13(14)20-16(21)11-4-3-5-12(18)15(11)19/h3-7,9H,2,8,19H2,1H3. The highest BCUT2D eigenvalue weighted by Gasteiger charge is 2.16. The fourth-order valence-electron chi connectivity index (χ4n) is 2.48. The lowest BCUT2D eigenvalue weighted by atomic mass is 10.1. The first-order valence-electron chi connectivity index (χ1n) is 6.82. The van der Waals surface area contributed by atoms with Crippen LogP contribution < -0.4 is 5.73 Å². The van der Waals surface area contributed by atoms with Crippen molar-refractivity contribution in [1.82, 2.24) is 9.55 Å². The summed E-state index contributed by atoms with van der Waals surface area (Å²) in [4.78, 5) is 4.60. The van der Waals surface area contributed by atoms with Gasteiger partial charge in [0.15, 0.2) is 0 Å². The molecule has 0 amide bonds. The molecule has 0 fully saturated rings. The van der Waals surface area contributed by atoms with Gasteiger partial charge in [0.25, 0.3) is 0 Å². The van der Waals surface area contributed by atoms with Crippen molar-refractivity contribution in [2.24, 2.45) is 0 Å². The van der Waals surface area contributed by atoms with Crippen LogP contribution in [0.1, 0.15) is 13.3 Å². The molecule has 3 nitrogen and oxygen atoms in total. The number of rotatable bonds is 3. The minimum atomic E-state index is -0.430. The highest BCUT2D eigenvalue weighted by atomic mass is 35.5. The fourth-order valence-corrected chi connectivity index (χ4v) is 2.65. The maximum absolute atomic E-state index is 13.7. The average molecular weight is 304 g/mol. The van der Waals surface area contributed by atoms with Gasteiger partial charge in [0.2, 0.25) is 0 Å². The molecule has 0 aliphatic carbocycles. The molecule has 108 valence electrons. The number of aryl methyl sites for hydroxylation is 1. The summed E-state index contributed by atoms with van der Waals surface area (Å²) in [5, 5.41) is 0.651. The van der Waals surface area contributed by atoms with Crippen LogP contribution in [0.25, 0.3) is 22.4 Å². The van der Waals surface area contributed by atoms with Crippen molar-refractivity contribution in [1.29, 1.82) is 0 Å². The number of hydrogen-bond donors (Lipinski definition) is 1. The molecule has 0 aliphatic heterocycles. The Morgan fingerprint density at radius 1 is 1.29 bits per heavy atom. The Bertz CT molecular complexity index is 811. The zero-order chi connectivity index (χ0) is 15.0. The summed E-state index contributed by atoms with van der Waals surface area (Å²) in [6, 6.07) is 10.3. The number of hydrogen-bond acceptors (Lipinski definition) is 2. The van der Waals surface area contributed by atoms with Gasteiger partial charge in [0.1, 0.15) is 11.6 Å². The number of anilines is 1. The third-order valence-electron chi connectivity index (χ3n) is 3.45. The average Bonchev–Trinajstić information content (AvgIpc) is 2.81. The van der Waals surface area contributed by atoms with Crippen molar-refractivity contribution in [3.8, 4) is 11.4 Å². The molecule has 0 atom stereocenters. The van der Waals surface area contributed by atoms with E-state index < -0.39 is 5.82 Å². The van der Waals surface area contributed by atoms with E-state index >= 15 is 0 Å². The predicted octanol–water partition coefficient (Wildman–Crippen LogP) is 4.49. The van der Waals surface area contributed by atoms with Crippen LogP contribution in [0.3, 0.4) is 0 Å². The molecule has 0 radical (unpaired) electrons. The fraction of sp³-hybridized carbons (Fsp3) is 0.188. The smallest absolute Gasteiger partial charge is 0.146 e. The topological polar surface area (TPSA) is 43.8 Å². The summed E-state index contributed by atoms with van der Waals surface area (Å²) in [5.74, 6) is 0.242. The molecule has 1 heterocycles. The Kier molecular flexibility index (Phi) is 3.55. The normalized spacial score (nSPS) is 11.2. The molecule has 3 rings (SSSR count). The molecular formula is C16H15ClFN3. The number of nitrogens with two attached hydrogens (primary N) is 1. The van der Waals surface area contributed by atoms with Crippen molar-refractivity contribution >= 4 is 28.3 Å². The maximum atomic E-state index is 13.7. The molecular weight excluding hydrogens is 289 g/mol. The van der Waals surface area contributed by atoms with Crippen molar-refractivity contribution in [2.75, 3.05) is 5.73 Å². The van der Waals surface area contributed by atoms with E-state index in [2.05, 4.69) is 11.9 Å². The van der Waals surface area contributed by atoms with E-state index in [0.29, 0.717) is 16.4 Å². The molecule has 2 N–H and O–H groups in total. The zero-order valence-electron chi connectivity index (χ0n) is 11.6. The zero-order valence-corrected chi connectivity index (χ0v) is 12.4. The van der Waals surface area contributed by atoms with Crippen molar-refractivity contribution in [2.45, 2.75) is 19.9 Å². The molecule has 0 unspecified atom stereocenters. The second-order valence-electron chi connectivity index (χ2n) is 4.92. The summed E-state index contributed by atoms with van der Waals surface area (Å²) >= 11 is 6.08. The molecule has 1 aromatic heterocycles. The first-order valence-corrected chi connectivity index (χ1v) is 7.19. The van der Waals surface area contributed by atoms with Gasteiger partial charge >= 0.3 is 0 Å². The Morgan fingerprint density at radius 2 is 2.10 bits per heavy atom. The van der Waals surface area contributed by atoms with Crippen LogP contribution in [0.4, 0.5) is 10.1 Å². The van der Waals surface area contributed by atoms with Crippen LogP contribution in [0.5, 0.6) is 0 Å². The Hall–Kier alpha value is -2.07. The van der Waals surface area contributed by atoms with E-state index in [1.807, 2.05) is 16.7 Å². The van der Waals surface area contributed by atoms with E-state index in [9.17, 15) is 4.39 Å². The largest absolute Gasteiger partial charge is 0.396 e. The van der Waals surface area contributed by atoms with Gasteiger partial charge < -0.3 is 10.3 Å². The lowest BCUT2D eigenvalue weighted by molar-refractivity contribution is 0.632. The third kappa shape index (κ3) is 2.36. The minimum absolute atomic E-state index is 0.122. The van der Waals surface area contributed by atoms with Gasteiger partial charge in [-0.05, 0) is 36.8 Å². The SMILES string of the molecule is CCCn1c(-c2cccc(F)c2N)nc2ccc(Cl)cc21. The highest BCUT2D eigenvalue weighted by Crippen LogP contribution is 2.31. The lowest BCUT2D eigenvalue weighted by Crippen LogP contribution is -2.02. The molecule has 2 aromatic carbocycles. The number of fused-ring (bicyclic) bond motifs is 1. The third-order valence-corrected chi connectivity index (χ3v) is 3.69. The van der Waals surface area contributed by atoms with E-state index in [-0.39, 0.29) is 5.69 Å². The maximum Gasteiger partial charge on any atom is 0.146 e. The molecule has 5 heteroatoms. The van der Waals surface area contributed by atoms with Crippen LogP contribution in [-0.4, -0.2) is 9.55 Å². The van der Waals surface area contributed by atoms with Crippen LogP contribution >= 0.6 is 11.6 Å². The monoisotopic (exact) mass is 303 g/mol. The molecule has 3 aromatic rings. The molecule has 0 bridgehead atoms. The van der Waals surface area contributed by atoms with Gasteiger partial charge in [-0.1, -0.05) is 24.6 Å². The Labute approximate surface area is 127 Å². The van der Waals surface area contributed by atoms with Crippen molar-refractivity contribution in [3.05, 3.63) is 47.2 Å². The van der Waals surface area contributed by atoms with Gasteiger partial charge in [-0.15, -0.1) is 0 Å². The van der Waals surface area contributed by atoms with Gasteiger partial charge in [-0.3, -0.25) is 0 Å². The molecule has 21 heavy (non-hydrogen) atoms. The minimum Gasteiger partial charge on any atom is -0.396 e. The summed E-state index contributed by atoms with van der Waals surface area (Å²) in [6.45, 7) is 2.84. The summed E-state index contributed by atoms with van der Waals surface area (Å²) in [7, 11) is 0. The quantitative estimate of drug-likeness (QED) is 0.725. The summed E-state index contributed by atoms with van der Waals surface area (Å²) < 4.78 is 15.8. The number of imidazole rings is 1. The van der Waals surface area contributed by atoms with Gasteiger partial charge in [0.05, 0.1) is 16.7 Å². The van der Waals surface area contributed by atoms with Crippen LogP contribution in [0.2, 0.25) is 5.02 Å². The first kappa shape index (κ1) is 13.9. The van der Waals surface area contributed by atoms with Gasteiger partial charge in [-0.25, -0.2) is 9.37 Å². The number of para-hydroxylation sites is 1. The van der Waals surface area contributed by atoms with Gasteiger partial charge in [-0.2, -0.15) is 0 Å². The summed E-state index contributed by atoms with van der Waals surface area (Å²) in [6.07, 6.45) is 0.931. The Balaban J connectivity index is 2.31.